The molecule has 2 heterocycles. The van der Waals surface area contributed by atoms with Gasteiger partial charge in [-0.05, 0) is 17.7 Å². The van der Waals surface area contributed by atoms with Gasteiger partial charge < -0.3 is 4.98 Å². The van der Waals surface area contributed by atoms with Gasteiger partial charge in [-0.15, -0.1) is 0 Å². The summed E-state index contributed by atoms with van der Waals surface area (Å²) < 4.78 is 0. The molecule has 3 aromatic rings. The zero-order valence-electron chi connectivity index (χ0n) is 9.85. The highest BCUT2D eigenvalue weighted by molar-refractivity contribution is 5.96. The van der Waals surface area contributed by atoms with Crippen LogP contribution in [0.15, 0.2) is 53.5 Å². The molecule has 0 saturated carbocycles. The highest BCUT2D eigenvalue weighted by atomic mass is 14.8. The summed E-state index contributed by atoms with van der Waals surface area (Å²) in [5.41, 5.74) is 6.00. The second-order valence-corrected chi connectivity index (χ2v) is 4.56. The Balaban J connectivity index is 2.13. The first kappa shape index (κ1) is 9.66. The summed E-state index contributed by atoms with van der Waals surface area (Å²) in [6, 6.07) is 16.7. The number of nitrogens with zero attached hydrogens (tertiary/aromatic N) is 1. The number of aromatic amines is 1. The molecule has 1 N–H and O–H groups in total. The molecule has 0 saturated heterocycles. The van der Waals surface area contributed by atoms with Gasteiger partial charge in [-0.2, -0.15) is 0 Å². The maximum Gasteiger partial charge on any atom is 0.0719 e. The van der Waals surface area contributed by atoms with Crippen molar-refractivity contribution in [3.8, 4) is 11.3 Å². The van der Waals surface area contributed by atoms with E-state index in [1.807, 2.05) is 12.3 Å². The lowest BCUT2D eigenvalue weighted by atomic mass is 10.0. The monoisotopic (exact) mass is 232 g/mol. The van der Waals surface area contributed by atoms with Crippen molar-refractivity contribution in [1.82, 2.24) is 4.98 Å². The first-order chi connectivity index (χ1) is 8.93. The van der Waals surface area contributed by atoms with E-state index in [1.54, 1.807) is 0 Å². The topological polar surface area (TPSA) is 28.1 Å². The Bertz CT molecular complexity index is 766. The third-order valence-electron chi connectivity index (χ3n) is 3.51. The van der Waals surface area contributed by atoms with Crippen LogP contribution in [0.3, 0.4) is 0 Å². The molecule has 0 bridgehead atoms. The highest BCUT2D eigenvalue weighted by Crippen LogP contribution is 2.37. The van der Waals surface area contributed by atoms with Crippen LogP contribution in [0.25, 0.3) is 22.2 Å². The number of rotatable bonds is 0. The van der Waals surface area contributed by atoms with E-state index < -0.39 is 0 Å². The maximum atomic E-state index is 4.54. The zero-order chi connectivity index (χ0) is 11.9. The highest BCUT2D eigenvalue weighted by Gasteiger charge is 2.16. The van der Waals surface area contributed by atoms with Gasteiger partial charge in [-0.1, -0.05) is 36.4 Å². The SMILES string of the molecule is C1=Nc2ccccc2-c2[nH]c3ccccc3c2C1. The van der Waals surface area contributed by atoms with Crippen LogP contribution in [0.1, 0.15) is 5.56 Å². The van der Waals surface area contributed by atoms with Crippen LogP contribution >= 0.6 is 0 Å². The average molecular weight is 232 g/mol. The third-order valence-corrected chi connectivity index (χ3v) is 3.51. The smallest absolute Gasteiger partial charge is 0.0719 e. The summed E-state index contributed by atoms with van der Waals surface area (Å²) in [7, 11) is 0. The third kappa shape index (κ3) is 1.26. The normalized spacial score (nSPS) is 13.1. The minimum Gasteiger partial charge on any atom is -0.354 e. The molecule has 0 atom stereocenters. The van der Waals surface area contributed by atoms with Crippen molar-refractivity contribution in [2.24, 2.45) is 4.99 Å². The van der Waals surface area contributed by atoms with Gasteiger partial charge in [0.2, 0.25) is 0 Å². The quantitative estimate of drug-likeness (QED) is 0.604. The minimum atomic E-state index is 0.883. The summed E-state index contributed by atoms with van der Waals surface area (Å²) in [6.07, 6.45) is 2.89. The number of fused-ring (bicyclic) bond motifs is 5. The zero-order valence-corrected chi connectivity index (χ0v) is 9.85. The van der Waals surface area contributed by atoms with Crippen LogP contribution in [0.5, 0.6) is 0 Å². The van der Waals surface area contributed by atoms with Crippen molar-refractivity contribution in [1.29, 1.82) is 0 Å². The van der Waals surface area contributed by atoms with Crippen molar-refractivity contribution < 1.29 is 0 Å². The number of hydrogen-bond acceptors (Lipinski definition) is 1. The largest absolute Gasteiger partial charge is 0.354 e. The van der Waals surface area contributed by atoms with Crippen molar-refractivity contribution in [2.45, 2.75) is 6.42 Å². The number of hydrogen-bond donors (Lipinski definition) is 1. The van der Waals surface area contributed by atoms with E-state index in [4.69, 9.17) is 0 Å². The van der Waals surface area contributed by atoms with E-state index in [0.717, 1.165) is 12.1 Å². The predicted molar refractivity (Wildman–Crippen MR) is 75.6 cm³/mol. The predicted octanol–water partition coefficient (Wildman–Crippen LogP) is 4.09. The second kappa shape index (κ2) is 3.57. The van der Waals surface area contributed by atoms with Gasteiger partial charge >= 0.3 is 0 Å². The number of aromatic nitrogens is 1. The summed E-state index contributed by atoms with van der Waals surface area (Å²) in [5.74, 6) is 0. The van der Waals surface area contributed by atoms with Gasteiger partial charge in [-0.3, -0.25) is 4.99 Å². The van der Waals surface area contributed by atoms with Crippen molar-refractivity contribution in [2.75, 3.05) is 0 Å². The number of benzene rings is 2. The Labute approximate surface area is 105 Å². The molecular weight excluding hydrogens is 220 g/mol. The summed E-state index contributed by atoms with van der Waals surface area (Å²) in [4.78, 5) is 8.07. The molecule has 2 heteroatoms. The molecular formula is C16H12N2. The molecule has 0 fully saturated rings. The molecule has 1 aromatic heterocycles. The van der Waals surface area contributed by atoms with Gasteiger partial charge in [0.05, 0.1) is 11.4 Å². The lowest BCUT2D eigenvalue weighted by molar-refractivity contribution is 1.38. The molecule has 2 nitrogen and oxygen atoms in total. The molecule has 0 spiro atoms. The molecule has 18 heavy (non-hydrogen) atoms. The molecule has 4 rings (SSSR count). The van der Waals surface area contributed by atoms with Crippen LogP contribution in [0, 0.1) is 0 Å². The Kier molecular flexibility index (Phi) is 1.92. The lowest BCUT2D eigenvalue weighted by Crippen LogP contribution is -1.85. The fourth-order valence-electron chi connectivity index (χ4n) is 2.67. The number of aliphatic imine (C=N–C) groups is 1. The van der Waals surface area contributed by atoms with Crippen molar-refractivity contribution >= 4 is 22.8 Å². The Morgan fingerprint density at radius 2 is 1.78 bits per heavy atom. The molecule has 0 amide bonds. The van der Waals surface area contributed by atoms with Gasteiger partial charge in [0, 0.05) is 29.1 Å². The van der Waals surface area contributed by atoms with E-state index >= 15 is 0 Å². The lowest BCUT2D eigenvalue weighted by Gasteiger charge is -2.02. The first-order valence-electron chi connectivity index (χ1n) is 6.15. The Hall–Kier alpha value is -2.35. The molecule has 0 aliphatic carbocycles. The maximum absolute atomic E-state index is 4.54. The molecule has 2 aromatic carbocycles. The van der Waals surface area contributed by atoms with Crippen molar-refractivity contribution in [3.63, 3.8) is 0 Å². The van der Waals surface area contributed by atoms with E-state index in [2.05, 4.69) is 52.4 Å². The number of para-hydroxylation sites is 2. The molecule has 86 valence electrons. The molecule has 0 radical (unpaired) electrons. The van der Waals surface area contributed by atoms with E-state index in [0.29, 0.717) is 0 Å². The Morgan fingerprint density at radius 3 is 2.78 bits per heavy atom. The Morgan fingerprint density at radius 1 is 0.944 bits per heavy atom. The second-order valence-electron chi connectivity index (χ2n) is 4.56. The summed E-state index contributed by atoms with van der Waals surface area (Å²) >= 11 is 0. The van der Waals surface area contributed by atoms with E-state index in [-0.39, 0.29) is 0 Å². The van der Waals surface area contributed by atoms with Crippen LogP contribution in [-0.2, 0) is 6.42 Å². The fourth-order valence-corrected chi connectivity index (χ4v) is 2.67. The standard InChI is InChI=1S/C16H12N2/c1-4-8-15-11(5-1)12-9-10-17-14-7-3-2-6-13(14)16(12)18-15/h1-8,10,18H,9H2. The fraction of sp³-hybridized carbons (Fsp3) is 0.0625. The minimum absolute atomic E-state index is 0.883. The molecule has 1 aliphatic heterocycles. The van der Waals surface area contributed by atoms with Crippen LogP contribution in [-0.4, -0.2) is 11.2 Å². The number of H-pyrrole nitrogens is 1. The van der Waals surface area contributed by atoms with Gasteiger partial charge in [0.25, 0.3) is 0 Å². The van der Waals surface area contributed by atoms with Gasteiger partial charge in [0.15, 0.2) is 0 Å². The van der Waals surface area contributed by atoms with Gasteiger partial charge in [0.1, 0.15) is 0 Å². The molecule has 0 unspecified atom stereocenters. The van der Waals surface area contributed by atoms with Crippen LogP contribution in [0.2, 0.25) is 0 Å². The van der Waals surface area contributed by atoms with E-state index in [1.165, 1.54) is 27.7 Å². The van der Waals surface area contributed by atoms with Gasteiger partial charge in [-0.25, -0.2) is 0 Å². The first-order valence-corrected chi connectivity index (χ1v) is 6.15. The summed E-state index contributed by atoms with van der Waals surface area (Å²) in [5, 5.41) is 1.30. The number of nitrogens with one attached hydrogen (secondary N) is 1. The average Bonchev–Trinajstić information content (AvgIpc) is 2.69. The van der Waals surface area contributed by atoms with E-state index in [9.17, 15) is 0 Å². The summed E-state index contributed by atoms with van der Waals surface area (Å²) in [6.45, 7) is 0. The van der Waals surface area contributed by atoms with Crippen LogP contribution < -0.4 is 0 Å². The van der Waals surface area contributed by atoms with Crippen molar-refractivity contribution in [3.05, 3.63) is 54.1 Å². The molecule has 1 aliphatic rings. The van der Waals surface area contributed by atoms with Crippen LogP contribution in [0.4, 0.5) is 5.69 Å².